The molecule has 2 aromatic carbocycles. The molecule has 2 N–H and O–H groups in total. The van der Waals surface area contributed by atoms with Gasteiger partial charge >= 0.3 is 23.9 Å². The van der Waals surface area contributed by atoms with Crippen LogP contribution < -0.4 is 9.64 Å². The number of rotatable bonds is 8. The second kappa shape index (κ2) is 34.4. The van der Waals surface area contributed by atoms with Crippen LogP contribution in [0.25, 0.3) is 0 Å². The maximum Gasteiger partial charge on any atom is 0.339 e. The first kappa shape index (κ1) is 78.8. The van der Waals surface area contributed by atoms with Crippen LogP contribution in [-0.2, 0) is 110 Å². The Morgan fingerprint density at radius 3 is 1.75 bits per heavy atom. The van der Waals surface area contributed by atoms with Crippen LogP contribution in [0.1, 0.15) is 194 Å². The van der Waals surface area contributed by atoms with E-state index in [1.807, 2.05) is 58.8 Å². The summed E-state index contributed by atoms with van der Waals surface area (Å²) in [4.78, 5) is 85.9. The number of fused-ring (bicyclic) bond motifs is 9. The van der Waals surface area contributed by atoms with E-state index < -0.39 is 21.6 Å². The first-order valence-corrected chi connectivity index (χ1v) is 40.5. The number of aryl methyl sites for hydroxylation is 6. The number of aliphatic hydroxyl groups is 1. The maximum atomic E-state index is 14.8. The molecule has 9 aliphatic rings. The van der Waals surface area contributed by atoms with Crippen LogP contribution in [0.5, 0.6) is 5.75 Å². The molecule has 5 aromatic heterocycles. The smallest absolute Gasteiger partial charge is 0.339 e. The molecule has 0 saturated heterocycles. The number of ketones is 2. The summed E-state index contributed by atoms with van der Waals surface area (Å²) in [5.41, 5.74) is 11.7. The van der Waals surface area contributed by atoms with E-state index in [-0.39, 0.29) is 64.5 Å². The Morgan fingerprint density at radius 2 is 1.18 bits per heavy atom. The first-order valence-electron chi connectivity index (χ1n) is 38.2. The zero-order valence-electron chi connectivity index (χ0n) is 63.5. The minimum Gasteiger partial charge on any atom is -0.490 e. The van der Waals surface area contributed by atoms with Crippen LogP contribution in [0, 0.1) is 35.5 Å². The number of carbonyl (C=O) groups is 7. The highest BCUT2D eigenvalue weighted by molar-refractivity contribution is 7.94. The molecule has 16 rings (SSSR count). The molecule has 2 bridgehead atoms. The quantitative estimate of drug-likeness (QED) is 0.0620. The molecule has 578 valence electrons. The van der Waals surface area contributed by atoms with Crippen LogP contribution in [0.4, 0.5) is 5.69 Å². The van der Waals surface area contributed by atoms with Crippen LogP contribution >= 0.6 is 11.6 Å². The molecule has 12 heterocycles. The highest BCUT2D eigenvalue weighted by Crippen LogP contribution is 2.47. The number of hydrogen-bond donors (Lipinski definition) is 2. The van der Waals surface area contributed by atoms with Crippen molar-refractivity contribution in [1.29, 1.82) is 0 Å². The van der Waals surface area contributed by atoms with Gasteiger partial charge in [-0.25, -0.2) is 23.4 Å². The van der Waals surface area contributed by atoms with E-state index in [2.05, 4.69) is 82.2 Å². The molecule has 22 nitrogen and oxygen atoms in total. The van der Waals surface area contributed by atoms with Gasteiger partial charge in [-0.3, -0.25) is 14.4 Å². The molecule has 1 spiro atoms. The van der Waals surface area contributed by atoms with Gasteiger partial charge in [-0.2, -0.15) is 4.36 Å². The molecule has 7 aromatic rings. The van der Waals surface area contributed by atoms with Crippen molar-refractivity contribution in [1.82, 2.24) is 22.8 Å². The van der Waals surface area contributed by atoms with Crippen LogP contribution in [0.2, 0.25) is 5.02 Å². The van der Waals surface area contributed by atoms with Gasteiger partial charge in [-0.15, -0.1) is 0 Å². The number of amides is 1. The number of aromatic nitrogens is 5. The number of anilines is 1. The van der Waals surface area contributed by atoms with Gasteiger partial charge in [0.2, 0.25) is 0 Å². The lowest BCUT2D eigenvalue weighted by Gasteiger charge is -2.46. The Kier molecular flexibility index (Phi) is 25.1. The van der Waals surface area contributed by atoms with Gasteiger partial charge in [0.05, 0.1) is 83.6 Å². The number of aromatic carboxylic acids is 1. The SMILES string of the molecule is CC1CCn2cc(C(=O)O)cc2C1.COC(=O)c1cc2n(c1)CCC(=O)C2.COC(=O)c1cc2n(c1)CCC(C)C2.COC(=O)c1cc2n(c1)CCC(O)C2.CO[C@H]1/C=C/C[C@H](C)C[S@@](=O)(CC(=O)c2cc3n(c2)CCC(C)C3)=NC(=O)c2ccc3c(c2)N(C[C@@H]2CC[C@H]21)C[C@@]1(CCCc2cc(Cl)ccc21)CO3. The third-order valence-electron chi connectivity index (χ3n) is 23.1. The summed E-state index contributed by atoms with van der Waals surface area (Å²) in [7, 11) is 2.67. The second-order valence-corrected chi connectivity index (χ2v) is 34.2. The van der Waals surface area contributed by atoms with Gasteiger partial charge in [-0.05, 0) is 191 Å². The lowest BCUT2D eigenvalue weighted by atomic mass is 9.68. The number of methoxy groups -OCH3 is 4. The van der Waals surface area contributed by atoms with Crippen LogP contribution in [0.3, 0.4) is 0 Å². The fourth-order valence-electron chi connectivity index (χ4n) is 17.0. The Bertz CT molecular complexity index is 4590. The van der Waals surface area contributed by atoms with Crippen molar-refractivity contribution in [2.24, 2.45) is 39.9 Å². The topological polar surface area (TPSA) is 263 Å². The molecular weight excluding hydrogens is 1410 g/mol. The van der Waals surface area contributed by atoms with Crippen LogP contribution in [0.15, 0.2) is 114 Å². The average molecular weight is 1520 g/mol. The normalized spacial score (nSPS) is 25.4. The van der Waals surface area contributed by atoms with Gasteiger partial charge in [0, 0.05) is 159 Å². The van der Waals surface area contributed by atoms with Gasteiger partial charge in [-0.1, -0.05) is 57.5 Å². The number of allylic oxidation sites excluding steroid dienone is 1. The summed E-state index contributed by atoms with van der Waals surface area (Å²) >= 11 is 6.48. The van der Waals surface area contributed by atoms with Gasteiger partial charge in [0.15, 0.2) is 5.78 Å². The third-order valence-corrected chi connectivity index (χ3v) is 25.6. The third kappa shape index (κ3) is 18.6. The number of carboxylic acid groups (broad SMARTS) is 1. The van der Waals surface area contributed by atoms with Crippen molar-refractivity contribution < 1.29 is 71.7 Å². The number of nitrogens with zero attached hydrogens (tertiary/aromatic N) is 7. The Morgan fingerprint density at radius 1 is 0.630 bits per heavy atom. The molecular formula is C84H104ClN7O15S. The van der Waals surface area contributed by atoms with Crippen molar-refractivity contribution in [3.63, 3.8) is 0 Å². The Balaban J connectivity index is 0.000000157. The van der Waals surface area contributed by atoms with Crippen molar-refractivity contribution in [2.75, 3.05) is 64.5 Å². The zero-order valence-corrected chi connectivity index (χ0v) is 65.1. The average Bonchev–Trinajstić information content (AvgIpc) is 1.50. The lowest BCUT2D eigenvalue weighted by Crippen LogP contribution is -2.49. The Hall–Kier alpha value is -8.77. The molecule has 1 saturated carbocycles. The molecule has 24 heteroatoms. The van der Waals surface area contributed by atoms with Gasteiger partial charge in [0.25, 0.3) is 5.91 Å². The number of esters is 3. The van der Waals surface area contributed by atoms with Crippen molar-refractivity contribution >= 4 is 68.4 Å². The number of Topliss-reactive ketones (excluding diaryl/α,β-unsaturated/α-hetero) is 2. The molecule has 4 unspecified atom stereocenters. The molecule has 7 aliphatic heterocycles. The van der Waals surface area contributed by atoms with Crippen molar-refractivity contribution in [2.45, 2.75) is 181 Å². The highest BCUT2D eigenvalue weighted by Gasteiger charge is 2.45. The highest BCUT2D eigenvalue weighted by atomic mass is 35.5. The van der Waals surface area contributed by atoms with Gasteiger partial charge < -0.3 is 61.6 Å². The van der Waals surface area contributed by atoms with Crippen LogP contribution in [-0.4, -0.2) is 150 Å². The predicted molar refractivity (Wildman–Crippen MR) is 412 cm³/mol. The van der Waals surface area contributed by atoms with E-state index in [1.165, 1.54) is 44.6 Å². The number of benzene rings is 2. The maximum absolute atomic E-state index is 14.8. The summed E-state index contributed by atoms with van der Waals surface area (Å²) < 4.78 is 56.3. The van der Waals surface area contributed by atoms with E-state index >= 15 is 0 Å². The minimum atomic E-state index is -3.26. The fraction of sp³-hybridized carbons (Fsp3) is 0.512. The van der Waals surface area contributed by atoms with Gasteiger partial charge in [0.1, 0.15) is 11.5 Å². The van der Waals surface area contributed by atoms with Crippen molar-refractivity contribution in [3.05, 3.63) is 188 Å². The molecule has 108 heavy (non-hydrogen) atoms. The first-order chi connectivity index (χ1) is 51.8. The number of hydrogen-bond acceptors (Lipinski definition) is 15. The predicted octanol–water partition coefficient (Wildman–Crippen LogP) is 13.3. The number of ether oxygens (including phenoxy) is 5. The Labute approximate surface area is 638 Å². The summed E-state index contributed by atoms with van der Waals surface area (Å²) in [5.74, 6) is 0.987. The largest absolute Gasteiger partial charge is 0.490 e. The molecule has 10 atom stereocenters. The zero-order chi connectivity index (χ0) is 76.7. The molecule has 1 amide bonds. The summed E-state index contributed by atoms with van der Waals surface area (Å²) in [6.07, 6.45) is 27.7. The van der Waals surface area contributed by atoms with Crippen molar-refractivity contribution in [3.8, 4) is 5.75 Å². The summed E-state index contributed by atoms with van der Waals surface area (Å²) in [5, 5.41) is 19.0. The van der Waals surface area contributed by atoms with E-state index in [9.17, 15) is 42.9 Å². The lowest BCUT2D eigenvalue weighted by molar-refractivity contribution is -0.119. The monoisotopic (exact) mass is 1520 g/mol. The summed E-state index contributed by atoms with van der Waals surface area (Å²) in [6, 6.07) is 21.0. The number of carbonyl (C=O) groups excluding carboxylic acids is 6. The molecule has 2 aliphatic carbocycles. The number of carboxylic acids is 1. The van der Waals surface area contributed by atoms with E-state index in [1.54, 1.807) is 50.0 Å². The molecule has 0 radical (unpaired) electrons. The molecule has 1 fully saturated rings. The second-order valence-electron chi connectivity index (χ2n) is 31.4. The fourth-order valence-corrected chi connectivity index (χ4v) is 19.5. The van der Waals surface area contributed by atoms with E-state index in [4.69, 9.17) is 26.2 Å². The number of aliphatic hydroxyl groups excluding tert-OH is 1. The standard InChI is InChI=1S/C43H52ClN3O5S.C11H15NO2.C10H13NO3.C10H11NO3.C10H13NO2/c1-28-15-17-46-23-33(20-35(46)18-28)39(48)25-53(50)24-29(2)6-4-8-40(51-3)36-12-9-32(36)22-47-26-43(16-5-7-30-19-34(44)11-13-37(30)43)27-52-41-14-10-31(21-38(41)47)42(49)45-53;1-8-3-4-12-7-9(11(13)14-2)6-10(12)5-8;2*1-14-10(13)7-4-8-5-9(12)2-3-11(8)6-7;1-7-2-3-11-6-8(10(12)13)5-9(11)4-7/h4,8,10-11,13-14,19-21,23,28-29,32,36,40H,5-7,9,12,15-18,22,24-27H2,1-3H3;6-8H,3-5H2,1-2H3;4,6,9,12H,2-3,5H2,1H3;4,6H,2-3,5H2,1H3;5-7H,2-4H2,1H3,(H,12,13)/b8-4+;;;;/t28?,29-,32-,36+,40-,43-,53+;;;;/m0..../s1. The minimum absolute atomic E-state index is 0.0322. The number of halogens is 1. The van der Waals surface area contributed by atoms with E-state index in [0.29, 0.717) is 95.9 Å². The summed E-state index contributed by atoms with van der Waals surface area (Å²) in [6.45, 7) is 15.1. The van der Waals surface area contributed by atoms with E-state index in [0.717, 1.165) is 155 Å².